The summed E-state index contributed by atoms with van der Waals surface area (Å²) in [6.45, 7) is 5.09. The van der Waals surface area contributed by atoms with Crippen LogP contribution < -0.4 is 4.74 Å². The van der Waals surface area contributed by atoms with Crippen molar-refractivity contribution >= 4 is 0 Å². The molecule has 0 N–H and O–H groups in total. The van der Waals surface area contributed by atoms with Crippen molar-refractivity contribution in [3.8, 4) is 5.88 Å². The summed E-state index contributed by atoms with van der Waals surface area (Å²) in [4.78, 5) is 11.2. The Morgan fingerprint density at radius 1 is 1.31 bits per heavy atom. The third-order valence-corrected chi connectivity index (χ3v) is 6.08. The molecule has 0 unspecified atom stereocenters. The van der Waals surface area contributed by atoms with E-state index in [9.17, 15) is 0 Å². The van der Waals surface area contributed by atoms with Crippen LogP contribution in [0.1, 0.15) is 38.3 Å². The van der Waals surface area contributed by atoms with E-state index < -0.39 is 0 Å². The number of ether oxygens (including phenoxy) is 2. The quantitative estimate of drug-likeness (QED) is 0.797. The van der Waals surface area contributed by atoms with E-state index >= 15 is 0 Å². The van der Waals surface area contributed by atoms with Gasteiger partial charge in [0.25, 0.3) is 0 Å². The van der Waals surface area contributed by atoms with Crippen molar-refractivity contribution in [2.45, 2.75) is 63.4 Å². The van der Waals surface area contributed by atoms with Crippen LogP contribution in [0.4, 0.5) is 0 Å². The van der Waals surface area contributed by atoms with Crippen LogP contribution in [-0.4, -0.2) is 50.8 Å². The number of hydrogen-bond donors (Lipinski definition) is 0. The molecule has 1 aliphatic carbocycles. The zero-order valence-corrected chi connectivity index (χ0v) is 15.7. The van der Waals surface area contributed by atoms with Gasteiger partial charge in [-0.2, -0.15) is 0 Å². The third-order valence-electron chi connectivity index (χ3n) is 6.08. The lowest BCUT2D eigenvalue weighted by molar-refractivity contribution is -0.0845. The molecule has 1 saturated carbocycles. The van der Waals surface area contributed by atoms with Gasteiger partial charge >= 0.3 is 0 Å². The number of likely N-dealkylation sites (tertiary alicyclic amines) is 1. The van der Waals surface area contributed by atoms with Gasteiger partial charge in [-0.1, -0.05) is 6.07 Å². The van der Waals surface area contributed by atoms with E-state index in [1.165, 1.54) is 5.69 Å². The molecule has 0 spiro atoms. The number of aryl methyl sites for hydroxylation is 1. The molecule has 26 heavy (non-hydrogen) atoms. The molecular weight excluding hydrogens is 328 g/mol. The Hall–Kier alpha value is -1.92. The summed E-state index contributed by atoms with van der Waals surface area (Å²) in [7, 11) is 1.87. The second-order valence-electron chi connectivity index (χ2n) is 7.36. The van der Waals surface area contributed by atoms with Crippen molar-refractivity contribution in [3.05, 3.63) is 42.6 Å². The summed E-state index contributed by atoms with van der Waals surface area (Å²) in [6.07, 6.45) is 10.00. The molecule has 2 aromatic heterocycles. The number of fused-ring (bicyclic) bond motifs is 1. The lowest BCUT2D eigenvalue weighted by Gasteiger charge is -2.43. The first-order chi connectivity index (χ1) is 12.7. The summed E-state index contributed by atoms with van der Waals surface area (Å²) >= 11 is 0. The van der Waals surface area contributed by atoms with Crippen molar-refractivity contribution in [2.24, 2.45) is 0 Å². The molecule has 0 amide bonds. The number of methoxy groups -OCH3 is 1. The maximum absolute atomic E-state index is 6.17. The molecule has 0 bridgehead atoms. The molecule has 4 rings (SSSR count). The minimum atomic E-state index is -0.0406. The first-order valence-electron chi connectivity index (χ1n) is 9.60. The third kappa shape index (κ3) is 3.23. The Morgan fingerprint density at radius 2 is 2.23 bits per heavy atom. The molecule has 3 heterocycles. The van der Waals surface area contributed by atoms with E-state index in [1.54, 1.807) is 6.20 Å². The number of hydrogen-bond acceptors (Lipinski definition) is 5. The van der Waals surface area contributed by atoms with E-state index in [-0.39, 0.29) is 11.7 Å². The fraction of sp³-hybridized carbons (Fsp3) is 0.600. The standard InChI is InChI=1S/C20H28N4O2/c1-3-23-15-21-13-16(23)14-24-11-9-20(25-2)8-7-17(12-18(20)24)26-19-6-4-5-10-22-19/h4-6,10,13,15,17-18H,3,7-9,11-12,14H2,1-2H3/t17-,18-,20+/m0/s1. The fourth-order valence-electron chi connectivity index (χ4n) is 4.61. The average molecular weight is 356 g/mol. The van der Waals surface area contributed by atoms with Gasteiger partial charge in [-0.05, 0) is 32.3 Å². The highest BCUT2D eigenvalue weighted by atomic mass is 16.5. The van der Waals surface area contributed by atoms with Crippen LogP contribution in [-0.2, 0) is 17.8 Å². The monoisotopic (exact) mass is 356 g/mol. The zero-order valence-electron chi connectivity index (χ0n) is 15.7. The van der Waals surface area contributed by atoms with Crippen LogP contribution in [0.2, 0.25) is 0 Å². The topological polar surface area (TPSA) is 52.4 Å². The summed E-state index contributed by atoms with van der Waals surface area (Å²) in [5, 5.41) is 0. The largest absolute Gasteiger partial charge is 0.474 e. The molecule has 0 radical (unpaired) electrons. The van der Waals surface area contributed by atoms with Crippen LogP contribution in [0, 0.1) is 0 Å². The molecule has 2 aliphatic rings. The first-order valence-corrected chi connectivity index (χ1v) is 9.60. The van der Waals surface area contributed by atoms with Crippen molar-refractivity contribution in [1.29, 1.82) is 0 Å². The van der Waals surface area contributed by atoms with Crippen LogP contribution in [0.3, 0.4) is 0 Å². The zero-order chi connectivity index (χ0) is 18.0. The molecule has 0 aromatic carbocycles. The van der Waals surface area contributed by atoms with Gasteiger partial charge < -0.3 is 14.0 Å². The minimum absolute atomic E-state index is 0.0406. The number of aromatic nitrogens is 3. The van der Waals surface area contributed by atoms with Crippen molar-refractivity contribution in [2.75, 3.05) is 13.7 Å². The summed E-state index contributed by atoms with van der Waals surface area (Å²) < 4.78 is 14.5. The van der Waals surface area contributed by atoms with Gasteiger partial charge in [0.1, 0.15) is 6.10 Å². The minimum Gasteiger partial charge on any atom is -0.474 e. The second kappa shape index (κ2) is 7.37. The molecule has 2 fully saturated rings. The van der Waals surface area contributed by atoms with Crippen LogP contribution in [0.5, 0.6) is 5.88 Å². The Balaban J connectivity index is 1.49. The Morgan fingerprint density at radius 3 is 3.00 bits per heavy atom. The van der Waals surface area contributed by atoms with Gasteiger partial charge in [-0.3, -0.25) is 4.90 Å². The van der Waals surface area contributed by atoms with E-state index in [0.29, 0.717) is 6.04 Å². The smallest absolute Gasteiger partial charge is 0.213 e. The van der Waals surface area contributed by atoms with Gasteiger partial charge in [0.2, 0.25) is 5.88 Å². The van der Waals surface area contributed by atoms with Crippen molar-refractivity contribution in [3.63, 3.8) is 0 Å². The molecule has 6 nitrogen and oxygen atoms in total. The van der Waals surface area contributed by atoms with Crippen molar-refractivity contribution in [1.82, 2.24) is 19.4 Å². The van der Waals surface area contributed by atoms with Gasteiger partial charge in [0, 0.05) is 57.7 Å². The van der Waals surface area contributed by atoms with Gasteiger partial charge in [0.05, 0.1) is 17.6 Å². The van der Waals surface area contributed by atoms with E-state index in [1.807, 2.05) is 37.8 Å². The Labute approximate surface area is 155 Å². The lowest BCUT2D eigenvalue weighted by atomic mass is 9.79. The number of pyridine rings is 1. The van der Waals surface area contributed by atoms with E-state index in [4.69, 9.17) is 9.47 Å². The summed E-state index contributed by atoms with van der Waals surface area (Å²) in [5.74, 6) is 0.719. The second-order valence-corrected chi connectivity index (χ2v) is 7.36. The van der Waals surface area contributed by atoms with Gasteiger partial charge in [0.15, 0.2) is 0 Å². The number of imidazole rings is 1. The first kappa shape index (κ1) is 17.5. The van der Waals surface area contributed by atoms with Gasteiger partial charge in [-0.15, -0.1) is 0 Å². The Bertz CT molecular complexity index is 720. The SMILES string of the molecule is CCn1cncc1CN1CC[C@]2(OC)CC[C@H](Oc3ccccn3)C[C@H]12. The highest BCUT2D eigenvalue weighted by Gasteiger charge is 2.51. The summed E-state index contributed by atoms with van der Waals surface area (Å²) in [6, 6.07) is 6.19. The van der Waals surface area contributed by atoms with Crippen LogP contribution in [0.15, 0.2) is 36.9 Å². The maximum atomic E-state index is 6.17. The number of rotatable bonds is 6. The summed E-state index contributed by atoms with van der Waals surface area (Å²) in [5.41, 5.74) is 1.23. The molecule has 1 saturated heterocycles. The number of nitrogens with zero attached hydrogens (tertiary/aromatic N) is 4. The normalized spacial score (nSPS) is 28.8. The predicted molar refractivity (Wildman–Crippen MR) is 99.0 cm³/mol. The molecule has 6 heteroatoms. The molecule has 1 aliphatic heterocycles. The lowest BCUT2D eigenvalue weighted by Crippen LogP contribution is -2.52. The fourth-order valence-corrected chi connectivity index (χ4v) is 4.61. The van der Waals surface area contributed by atoms with E-state index in [0.717, 1.165) is 51.2 Å². The van der Waals surface area contributed by atoms with Crippen LogP contribution in [0.25, 0.3) is 0 Å². The maximum Gasteiger partial charge on any atom is 0.213 e. The molecular formula is C20H28N4O2. The Kier molecular flexibility index (Phi) is 4.96. The van der Waals surface area contributed by atoms with Crippen LogP contribution >= 0.6 is 0 Å². The average Bonchev–Trinajstić information content (AvgIpc) is 3.28. The highest BCUT2D eigenvalue weighted by molar-refractivity contribution is 5.12. The van der Waals surface area contributed by atoms with Crippen molar-refractivity contribution < 1.29 is 9.47 Å². The van der Waals surface area contributed by atoms with Gasteiger partial charge in [-0.25, -0.2) is 9.97 Å². The molecule has 3 atom stereocenters. The highest BCUT2D eigenvalue weighted by Crippen LogP contribution is 2.43. The molecule has 2 aromatic rings. The van der Waals surface area contributed by atoms with E-state index in [2.05, 4.69) is 26.4 Å². The molecule has 140 valence electrons. The predicted octanol–water partition coefficient (Wildman–Crippen LogP) is 2.89.